The van der Waals surface area contributed by atoms with E-state index in [0.29, 0.717) is 23.9 Å². The molecule has 0 radical (unpaired) electrons. The summed E-state index contributed by atoms with van der Waals surface area (Å²) in [4.78, 5) is 10.8. The number of carbonyl (C=O) groups is 1. The molecule has 1 heterocycles. The lowest BCUT2D eigenvalue weighted by atomic mass is 9.92. The van der Waals surface area contributed by atoms with E-state index in [1.165, 1.54) is 6.42 Å². The van der Waals surface area contributed by atoms with Gasteiger partial charge in [0.2, 0.25) is 0 Å². The molecule has 0 aliphatic heterocycles. The quantitative estimate of drug-likeness (QED) is 0.625. The molecule has 142 valence electrons. The normalized spacial score (nSPS) is 13.7. The lowest BCUT2D eigenvalue weighted by molar-refractivity contribution is 0.209. The Morgan fingerprint density at radius 2 is 2.04 bits per heavy atom. The number of amides is 1. The van der Waals surface area contributed by atoms with Gasteiger partial charge in [-0.2, -0.15) is 5.26 Å². The Kier molecular flexibility index (Phi) is 4.66. The van der Waals surface area contributed by atoms with Gasteiger partial charge in [-0.15, -0.1) is 0 Å². The van der Waals surface area contributed by atoms with Crippen LogP contribution in [0.4, 0.5) is 10.5 Å². The maximum Gasteiger partial charge on any atom is 0.409 e. The minimum atomic E-state index is -1.10. The minimum absolute atomic E-state index is 0.355. The first-order valence-electron chi connectivity index (χ1n) is 9.43. The summed E-state index contributed by atoms with van der Waals surface area (Å²) in [6.07, 6.45) is 2.24. The maximum absolute atomic E-state index is 10.8. The number of nitrogens with zero attached hydrogens (tertiary/aromatic N) is 2. The van der Waals surface area contributed by atoms with Crippen LogP contribution >= 0.6 is 0 Å². The van der Waals surface area contributed by atoms with Crippen molar-refractivity contribution in [2.45, 2.75) is 32.2 Å². The molecule has 1 amide bonds. The zero-order valence-electron chi connectivity index (χ0n) is 15.6. The molecule has 6 nitrogen and oxygen atoms in total. The number of rotatable bonds is 5. The number of hydrogen-bond donors (Lipinski definition) is 2. The lowest BCUT2D eigenvalue weighted by Gasteiger charge is -2.30. The number of fused-ring (bicyclic) bond motifs is 1. The topological polar surface area (TPSA) is 87.3 Å². The third-order valence-corrected chi connectivity index (χ3v) is 5.25. The van der Waals surface area contributed by atoms with E-state index in [4.69, 9.17) is 9.84 Å². The highest BCUT2D eigenvalue weighted by Gasteiger charge is 2.28. The van der Waals surface area contributed by atoms with Crippen molar-refractivity contribution in [3.63, 3.8) is 0 Å². The molecule has 0 spiro atoms. The van der Waals surface area contributed by atoms with E-state index in [1.807, 2.05) is 37.3 Å². The van der Waals surface area contributed by atoms with Gasteiger partial charge < -0.3 is 14.4 Å². The average molecular weight is 375 g/mol. The Labute approximate surface area is 163 Å². The van der Waals surface area contributed by atoms with Crippen molar-refractivity contribution in [1.82, 2.24) is 4.57 Å². The largest absolute Gasteiger partial charge is 0.494 e. The van der Waals surface area contributed by atoms with Crippen LogP contribution in [0, 0.1) is 11.3 Å². The molecule has 0 unspecified atom stereocenters. The lowest BCUT2D eigenvalue weighted by Crippen LogP contribution is -2.17. The predicted octanol–water partition coefficient (Wildman–Crippen LogP) is 5.39. The highest BCUT2D eigenvalue weighted by molar-refractivity contribution is 5.95. The molecule has 2 aromatic carbocycles. The van der Waals surface area contributed by atoms with Crippen LogP contribution in [0.25, 0.3) is 22.2 Å². The standard InChI is InChI=1S/C22H21N3O3/c1-2-28-17-10-11-18-19(13-23)21(25(20(18)12-17)16-4-3-5-16)14-6-8-15(9-7-14)24-22(26)27/h6-12,16,24H,2-5H2,1H3,(H,26,27). The zero-order valence-corrected chi connectivity index (χ0v) is 15.6. The first-order chi connectivity index (χ1) is 13.6. The summed E-state index contributed by atoms with van der Waals surface area (Å²) in [7, 11) is 0. The molecule has 0 atom stereocenters. The Morgan fingerprint density at radius 1 is 1.29 bits per heavy atom. The summed E-state index contributed by atoms with van der Waals surface area (Å²) in [5, 5.41) is 22.1. The first kappa shape index (κ1) is 17.9. The Morgan fingerprint density at radius 3 is 2.61 bits per heavy atom. The van der Waals surface area contributed by atoms with Crippen molar-refractivity contribution < 1.29 is 14.6 Å². The second-order valence-corrected chi connectivity index (χ2v) is 6.91. The molecule has 0 saturated heterocycles. The highest BCUT2D eigenvalue weighted by atomic mass is 16.5. The summed E-state index contributed by atoms with van der Waals surface area (Å²) in [6.45, 7) is 2.54. The molecule has 3 aromatic rings. The molecule has 1 aromatic heterocycles. The van der Waals surface area contributed by atoms with Gasteiger partial charge in [0.1, 0.15) is 11.8 Å². The van der Waals surface area contributed by atoms with Crippen LogP contribution in [0.15, 0.2) is 42.5 Å². The molecular weight excluding hydrogens is 354 g/mol. The Balaban J connectivity index is 1.91. The zero-order chi connectivity index (χ0) is 19.7. The Bertz CT molecular complexity index is 1070. The van der Waals surface area contributed by atoms with Crippen LogP contribution in [-0.4, -0.2) is 22.4 Å². The van der Waals surface area contributed by atoms with Crippen LogP contribution < -0.4 is 10.1 Å². The number of ether oxygens (including phenoxy) is 1. The fourth-order valence-corrected chi connectivity index (χ4v) is 3.80. The molecule has 1 saturated carbocycles. The van der Waals surface area contributed by atoms with Gasteiger partial charge in [-0.05, 0) is 56.0 Å². The van der Waals surface area contributed by atoms with Crippen LogP contribution in [0.3, 0.4) is 0 Å². The summed E-state index contributed by atoms with van der Waals surface area (Å²) in [5.41, 5.74) is 3.93. The fourth-order valence-electron chi connectivity index (χ4n) is 3.80. The van der Waals surface area contributed by atoms with Crippen LogP contribution in [0.2, 0.25) is 0 Å². The van der Waals surface area contributed by atoms with Gasteiger partial charge in [-0.3, -0.25) is 5.32 Å². The molecule has 6 heteroatoms. The number of nitrogens with one attached hydrogen (secondary N) is 1. The summed E-state index contributed by atoms with van der Waals surface area (Å²) in [5.74, 6) is 0.796. The second-order valence-electron chi connectivity index (χ2n) is 6.91. The highest BCUT2D eigenvalue weighted by Crippen LogP contribution is 2.43. The predicted molar refractivity (Wildman–Crippen MR) is 108 cm³/mol. The van der Waals surface area contributed by atoms with Gasteiger partial charge in [0.05, 0.1) is 23.4 Å². The van der Waals surface area contributed by atoms with E-state index in [0.717, 1.165) is 40.8 Å². The summed E-state index contributed by atoms with van der Waals surface area (Å²) >= 11 is 0. The van der Waals surface area contributed by atoms with Crippen LogP contribution in [0.5, 0.6) is 5.75 Å². The Hall–Kier alpha value is -3.46. The van der Waals surface area contributed by atoms with Crippen molar-refractivity contribution in [2.24, 2.45) is 0 Å². The van der Waals surface area contributed by atoms with Gasteiger partial charge in [0.15, 0.2) is 0 Å². The van der Waals surface area contributed by atoms with E-state index < -0.39 is 6.09 Å². The second kappa shape index (κ2) is 7.28. The van der Waals surface area contributed by atoms with E-state index in [2.05, 4.69) is 16.0 Å². The van der Waals surface area contributed by atoms with Gasteiger partial charge in [0, 0.05) is 23.2 Å². The summed E-state index contributed by atoms with van der Waals surface area (Å²) in [6, 6.07) is 15.8. The van der Waals surface area contributed by atoms with Crippen LogP contribution in [-0.2, 0) is 0 Å². The van der Waals surface area contributed by atoms with E-state index in [1.54, 1.807) is 12.1 Å². The number of carboxylic acid groups (broad SMARTS) is 1. The van der Waals surface area contributed by atoms with E-state index in [9.17, 15) is 10.1 Å². The molecule has 0 bridgehead atoms. The molecule has 4 rings (SSSR count). The first-order valence-corrected chi connectivity index (χ1v) is 9.43. The van der Waals surface area contributed by atoms with Crippen molar-refractivity contribution in [2.75, 3.05) is 11.9 Å². The molecule has 1 aliphatic carbocycles. The van der Waals surface area contributed by atoms with Crippen LogP contribution in [0.1, 0.15) is 37.8 Å². The molecule has 1 aliphatic rings. The van der Waals surface area contributed by atoms with Crippen molar-refractivity contribution >= 4 is 22.7 Å². The monoisotopic (exact) mass is 375 g/mol. The number of anilines is 1. The SMILES string of the molecule is CCOc1ccc2c(C#N)c(-c3ccc(NC(=O)O)cc3)n(C3CCC3)c2c1. The van der Waals surface area contributed by atoms with Crippen molar-refractivity contribution in [3.8, 4) is 23.1 Å². The summed E-state index contributed by atoms with van der Waals surface area (Å²) < 4.78 is 7.94. The number of hydrogen-bond acceptors (Lipinski definition) is 3. The van der Waals surface area contributed by atoms with Gasteiger partial charge >= 0.3 is 6.09 Å². The smallest absolute Gasteiger partial charge is 0.409 e. The molecule has 1 fully saturated rings. The third-order valence-electron chi connectivity index (χ3n) is 5.25. The third kappa shape index (κ3) is 3.05. The minimum Gasteiger partial charge on any atom is -0.494 e. The van der Waals surface area contributed by atoms with E-state index in [-0.39, 0.29) is 0 Å². The van der Waals surface area contributed by atoms with Crippen molar-refractivity contribution in [3.05, 3.63) is 48.0 Å². The van der Waals surface area contributed by atoms with Gasteiger partial charge in [-0.25, -0.2) is 4.79 Å². The van der Waals surface area contributed by atoms with Gasteiger partial charge in [-0.1, -0.05) is 12.1 Å². The number of aromatic nitrogens is 1. The molecular formula is C22H21N3O3. The average Bonchev–Trinajstić information content (AvgIpc) is 2.94. The fraction of sp³-hybridized carbons (Fsp3) is 0.273. The number of nitriles is 1. The molecule has 2 N–H and O–H groups in total. The molecule has 28 heavy (non-hydrogen) atoms. The van der Waals surface area contributed by atoms with E-state index >= 15 is 0 Å². The van der Waals surface area contributed by atoms with Gasteiger partial charge in [0.25, 0.3) is 0 Å². The van der Waals surface area contributed by atoms with Crippen molar-refractivity contribution in [1.29, 1.82) is 5.26 Å². The maximum atomic E-state index is 10.8. The number of benzene rings is 2.